The van der Waals surface area contributed by atoms with Crippen LogP contribution >= 0.6 is 0 Å². The number of benzene rings is 1. The van der Waals surface area contributed by atoms with Gasteiger partial charge in [-0.15, -0.1) is 0 Å². The minimum Gasteiger partial charge on any atom is -0.368 e. The van der Waals surface area contributed by atoms with Crippen LogP contribution in [0.4, 0.5) is 0 Å². The van der Waals surface area contributed by atoms with Gasteiger partial charge in [-0.05, 0) is 38.0 Å². The Hall–Kier alpha value is -3.49. The van der Waals surface area contributed by atoms with E-state index >= 15 is 0 Å². The summed E-state index contributed by atoms with van der Waals surface area (Å²) in [6, 6.07) is 7.26. The molecule has 0 fully saturated rings. The average molecular weight is 381 g/mol. The van der Waals surface area contributed by atoms with E-state index in [1.165, 1.54) is 4.68 Å². The van der Waals surface area contributed by atoms with Crippen molar-refractivity contribution in [2.75, 3.05) is 6.54 Å². The van der Waals surface area contributed by atoms with Crippen molar-refractivity contribution in [3.63, 3.8) is 0 Å². The van der Waals surface area contributed by atoms with Gasteiger partial charge < -0.3 is 11.1 Å². The molecule has 0 saturated heterocycles. The summed E-state index contributed by atoms with van der Waals surface area (Å²) >= 11 is 0. The summed E-state index contributed by atoms with van der Waals surface area (Å²) in [5.41, 5.74) is 7.40. The number of hydrogen-bond acceptors (Lipinski definition) is 5. The van der Waals surface area contributed by atoms with Crippen LogP contribution in [-0.2, 0) is 17.9 Å². The van der Waals surface area contributed by atoms with E-state index in [-0.39, 0.29) is 12.5 Å². The molecule has 3 N–H and O–H groups in total. The number of aryl methyl sites for hydroxylation is 3. The first-order valence-electron chi connectivity index (χ1n) is 9.00. The fourth-order valence-electron chi connectivity index (χ4n) is 2.90. The van der Waals surface area contributed by atoms with Gasteiger partial charge >= 0.3 is 0 Å². The standard InChI is InChI=1S/C19H23N7O2/c1-13-23-14(2)26(24-13)8-4-7-21-19(28)16-6-3-5-15(9-16)17-10-22-25(11-17)12-18(20)27/h3,5-6,9-11H,4,7-8,12H2,1-2H3,(H2,20,27)(H,21,28). The van der Waals surface area contributed by atoms with Crippen molar-refractivity contribution in [3.05, 3.63) is 53.9 Å². The van der Waals surface area contributed by atoms with Crippen molar-refractivity contribution in [2.24, 2.45) is 5.73 Å². The van der Waals surface area contributed by atoms with Crippen LogP contribution in [0.25, 0.3) is 11.1 Å². The Bertz CT molecular complexity index is 990. The van der Waals surface area contributed by atoms with E-state index in [0.717, 1.165) is 29.2 Å². The molecule has 2 aromatic heterocycles. The van der Waals surface area contributed by atoms with E-state index < -0.39 is 5.91 Å². The lowest BCUT2D eigenvalue weighted by Gasteiger charge is -2.07. The Labute approximate surface area is 162 Å². The van der Waals surface area contributed by atoms with Gasteiger partial charge in [0, 0.05) is 30.4 Å². The zero-order chi connectivity index (χ0) is 20.1. The molecular weight excluding hydrogens is 358 g/mol. The van der Waals surface area contributed by atoms with E-state index in [9.17, 15) is 9.59 Å². The Kier molecular flexibility index (Phi) is 5.83. The van der Waals surface area contributed by atoms with E-state index in [1.807, 2.05) is 30.7 Å². The summed E-state index contributed by atoms with van der Waals surface area (Å²) in [6.07, 6.45) is 4.13. The normalized spacial score (nSPS) is 10.8. The molecule has 0 radical (unpaired) electrons. The third kappa shape index (κ3) is 4.81. The van der Waals surface area contributed by atoms with Gasteiger partial charge in [-0.3, -0.25) is 19.0 Å². The number of rotatable bonds is 8. The van der Waals surface area contributed by atoms with Gasteiger partial charge in [0.1, 0.15) is 18.2 Å². The Morgan fingerprint density at radius 3 is 2.75 bits per heavy atom. The van der Waals surface area contributed by atoms with Crippen molar-refractivity contribution < 1.29 is 9.59 Å². The Morgan fingerprint density at radius 2 is 2.04 bits per heavy atom. The average Bonchev–Trinajstić information content (AvgIpc) is 3.24. The molecule has 9 heteroatoms. The van der Waals surface area contributed by atoms with E-state index in [4.69, 9.17) is 5.73 Å². The van der Waals surface area contributed by atoms with Crippen molar-refractivity contribution in [1.82, 2.24) is 29.9 Å². The van der Waals surface area contributed by atoms with Gasteiger partial charge in [0.15, 0.2) is 0 Å². The second kappa shape index (κ2) is 8.47. The van der Waals surface area contributed by atoms with Crippen molar-refractivity contribution in [2.45, 2.75) is 33.4 Å². The fourth-order valence-corrected chi connectivity index (χ4v) is 2.90. The van der Waals surface area contributed by atoms with E-state index in [2.05, 4.69) is 20.5 Å². The molecule has 9 nitrogen and oxygen atoms in total. The molecule has 2 heterocycles. The molecule has 146 valence electrons. The first-order chi connectivity index (χ1) is 13.4. The van der Waals surface area contributed by atoms with Gasteiger partial charge in [-0.1, -0.05) is 12.1 Å². The number of carbonyl (C=O) groups is 2. The Morgan fingerprint density at radius 1 is 1.21 bits per heavy atom. The van der Waals surface area contributed by atoms with Gasteiger partial charge in [0.25, 0.3) is 5.91 Å². The first kappa shape index (κ1) is 19.3. The van der Waals surface area contributed by atoms with Crippen LogP contribution < -0.4 is 11.1 Å². The molecule has 0 aliphatic heterocycles. The van der Waals surface area contributed by atoms with Crippen LogP contribution in [0.1, 0.15) is 28.4 Å². The summed E-state index contributed by atoms with van der Waals surface area (Å²) in [5, 5.41) is 11.3. The number of nitrogens with two attached hydrogens (primary N) is 1. The third-order valence-electron chi connectivity index (χ3n) is 4.20. The summed E-state index contributed by atoms with van der Waals surface area (Å²) in [6.45, 7) is 5.03. The highest BCUT2D eigenvalue weighted by molar-refractivity contribution is 5.95. The molecule has 1 aromatic carbocycles. The molecule has 0 bridgehead atoms. The number of nitrogens with one attached hydrogen (secondary N) is 1. The van der Waals surface area contributed by atoms with Gasteiger partial charge in [-0.2, -0.15) is 10.2 Å². The summed E-state index contributed by atoms with van der Waals surface area (Å²) in [5.74, 6) is 1.02. The summed E-state index contributed by atoms with van der Waals surface area (Å²) in [7, 11) is 0. The van der Waals surface area contributed by atoms with Gasteiger partial charge in [0.05, 0.1) is 6.20 Å². The van der Waals surface area contributed by atoms with Gasteiger partial charge in [-0.25, -0.2) is 4.98 Å². The lowest BCUT2D eigenvalue weighted by Crippen LogP contribution is -2.25. The number of carbonyl (C=O) groups excluding carboxylic acids is 2. The maximum atomic E-state index is 12.4. The minimum atomic E-state index is -0.459. The van der Waals surface area contributed by atoms with E-state index in [1.54, 1.807) is 24.5 Å². The highest BCUT2D eigenvalue weighted by atomic mass is 16.2. The minimum absolute atomic E-state index is 0.0188. The number of nitrogens with zero attached hydrogens (tertiary/aromatic N) is 5. The lowest BCUT2D eigenvalue weighted by molar-refractivity contribution is -0.118. The molecule has 0 atom stereocenters. The topological polar surface area (TPSA) is 121 Å². The van der Waals surface area contributed by atoms with Crippen molar-refractivity contribution >= 4 is 11.8 Å². The molecule has 0 spiro atoms. The highest BCUT2D eigenvalue weighted by Gasteiger charge is 2.09. The number of aromatic nitrogens is 5. The molecular formula is C19H23N7O2. The second-order valence-electron chi connectivity index (χ2n) is 6.51. The quantitative estimate of drug-likeness (QED) is 0.565. The highest BCUT2D eigenvalue weighted by Crippen LogP contribution is 2.19. The van der Waals surface area contributed by atoms with Crippen molar-refractivity contribution in [1.29, 1.82) is 0 Å². The maximum Gasteiger partial charge on any atom is 0.251 e. The molecule has 0 aliphatic carbocycles. The summed E-state index contributed by atoms with van der Waals surface area (Å²) in [4.78, 5) is 27.7. The maximum absolute atomic E-state index is 12.4. The van der Waals surface area contributed by atoms with Crippen LogP contribution in [0.15, 0.2) is 36.7 Å². The van der Waals surface area contributed by atoms with Crippen molar-refractivity contribution in [3.8, 4) is 11.1 Å². The van der Waals surface area contributed by atoms with E-state index in [0.29, 0.717) is 18.7 Å². The smallest absolute Gasteiger partial charge is 0.251 e. The second-order valence-corrected chi connectivity index (χ2v) is 6.51. The predicted molar refractivity (Wildman–Crippen MR) is 103 cm³/mol. The monoisotopic (exact) mass is 381 g/mol. The molecule has 0 aliphatic rings. The predicted octanol–water partition coefficient (Wildman–Crippen LogP) is 1.06. The molecule has 0 unspecified atom stereocenters. The largest absolute Gasteiger partial charge is 0.368 e. The summed E-state index contributed by atoms with van der Waals surface area (Å²) < 4.78 is 3.31. The number of primary amides is 1. The number of amides is 2. The van der Waals surface area contributed by atoms with Crippen LogP contribution in [0.3, 0.4) is 0 Å². The third-order valence-corrected chi connectivity index (χ3v) is 4.20. The molecule has 28 heavy (non-hydrogen) atoms. The molecule has 3 aromatic rings. The van der Waals surface area contributed by atoms with Crippen LogP contribution in [-0.4, -0.2) is 42.9 Å². The van der Waals surface area contributed by atoms with Gasteiger partial charge in [0.2, 0.25) is 5.91 Å². The fraction of sp³-hybridized carbons (Fsp3) is 0.316. The lowest BCUT2D eigenvalue weighted by atomic mass is 10.1. The molecule has 3 rings (SSSR count). The molecule has 0 saturated carbocycles. The number of hydrogen-bond donors (Lipinski definition) is 2. The zero-order valence-electron chi connectivity index (χ0n) is 15.9. The molecule has 2 amide bonds. The van der Waals surface area contributed by atoms with Crippen LogP contribution in [0.2, 0.25) is 0 Å². The first-order valence-corrected chi connectivity index (χ1v) is 9.00. The van der Waals surface area contributed by atoms with Crippen LogP contribution in [0.5, 0.6) is 0 Å². The zero-order valence-corrected chi connectivity index (χ0v) is 15.9. The SMILES string of the molecule is Cc1nc(C)n(CCCNC(=O)c2cccc(-c3cnn(CC(N)=O)c3)c2)n1. The Balaban J connectivity index is 1.57. The van der Waals surface area contributed by atoms with Crippen LogP contribution in [0, 0.1) is 13.8 Å².